The molecule has 2 saturated heterocycles. The Morgan fingerprint density at radius 3 is 2.74 bits per heavy atom. The van der Waals surface area contributed by atoms with Gasteiger partial charge in [0.2, 0.25) is 0 Å². The van der Waals surface area contributed by atoms with Crippen molar-refractivity contribution in [2.45, 2.75) is 50.5 Å². The Kier molecular flexibility index (Phi) is 4.06. The first kappa shape index (κ1) is 14.7. The van der Waals surface area contributed by atoms with Crippen LogP contribution in [0.15, 0.2) is 36.8 Å². The van der Waals surface area contributed by atoms with Crippen molar-refractivity contribution in [3.05, 3.63) is 48.2 Å². The SMILES string of the molecule is Fc1cccc(-c2cnccn2)c1COC1CC2CCC(C1)N2. The highest BCUT2D eigenvalue weighted by Gasteiger charge is 2.34. The van der Waals surface area contributed by atoms with E-state index in [-0.39, 0.29) is 18.5 Å². The van der Waals surface area contributed by atoms with E-state index in [1.165, 1.54) is 18.9 Å². The molecule has 1 N–H and O–H groups in total. The number of nitrogens with zero attached hydrogens (tertiary/aromatic N) is 2. The molecule has 23 heavy (non-hydrogen) atoms. The van der Waals surface area contributed by atoms with Crippen LogP contribution in [0.1, 0.15) is 31.2 Å². The van der Waals surface area contributed by atoms with E-state index in [9.17, 15) is 4.39 Å². The summed E-state index contributed by atoms with van der Waals surface area (Å²) < 4.78 is 20.4. The quantitative estimate of drug-likeness (QED) is 0.942. The predicted molar refractivity (Wildman–Crippen MR) is 85.2 cm³/mol. The van der Waals surface area contributed by atoms with E-state index in [1.807, 2.05) is 6.07 Å². The van der Waals surface area contributed by atoms with E-state index >= 15 is 0 Å². The number of piperidine rings is 1. The van der Waals surface area contributed by atoms with E-state index < -0.39 is 0 Å². The lowest BCUT2D eigenvalue weighted by molar-refractivity contribution is 0.00820. The van der Waals surface area contributed by atoms with E-state index in [2.05, 4.69) is 15.3 Å². The van der Waals surface area contributed by atoms with Crippen molar-refractivity contribution in [3.63, 3.8) is 0 Å². The van der Waals surface area contributed by atoms with Crippen LogP contribution in [0, 0.1) is 5.82 Å². The highest BCUT2D eigenvalue weighted by molar-refractivity contribution is 5.62. The van der Waals surface area contributed by atoms with Gasteiger partial charge in [-0.15, -0.1) is 0 Å². The van der Waals surface area contributed by atoms with Crippen LogP contribution in [0.2, 0.25) is 0 Å². The van der Waals surface area contributed by atoms with Crippen molar-refractivity contribution < 1.29 is 9.13 Å². The number of ether oxygens (including phenoxy) is 1. The summed E-state index contributed by atoms with van der Waals surface area (Å²) in [6.07, 6.45) is 9.60. The summed E-state index contributed by atoms with van der Waals surface area (Å²) in [5, 5.41) is 3.59. The summed E-state index contributed by atoms with van der Waals surface area (Å²) in [7, 11) is 0. The van der Waals surface area contributed by atoms with Gasteiger partial charge in [0, 0.05) is 35.6 Å². The summed E-state index contributed by atoms with van der Waals surface area (Å²) in [5.41, 5.74) is 2.00. The molecule has 0 radical (unpaired) electrons. The molecule has 2 atom stereocenters. The van der Waals surface area contributed by atoms with E-state index in [4.69, 9.17) is 4.74 Å². The maximum absolute atomic E-state index is 14.3. The van der Waals surface area contributed by atoms with Crippen molar-refractivity contribution in [1.82, 2.24) is 15.3 Å². The lowest BCUT2D eigenvalue weighted by atomic mass is 10.0. The van der Waals surface area contributed by atoms with Gasteiger partial charge in [0.05, 0.1) is 24.6 Å². The molecule has 4 nitrogen and oxygen atoms in total. The summed E-state index contributed by atoms with van der Waals surface area (Å²) in [5.74, 6) is -0.245. The third kappa shape index (κ3) is 3.12. The van der Waals surface area contributed by atoms with Crippen molar-refractivity contribution in [2.24, 2.45) is 0 Å². The Hall–Kier alpha value is -1.85. The van der Waals surface area contributed by atoms with Crippen LogP contribution in [0.5, 0.6) is 0 Å². The minimum atomic E-state index is -0.245. The molecule has 2 aliphatic rings. The minimum Gasteiger partial charge on any atom is -0.373 e. The molecule has 120 valence electrons. The number of halogens is 1. The molecule has 0 spiro atoms. The van der Waals surface area contributed by atoms with Crippen molar-refractivity contribution in [2.75, 3.05) is 0 Å². The zero-order valence-corrected chi connectivity index (χ0v) is 12.9. The molecule has 2 unspecified atom stereocenters. The van der Waals surface area contributed by atoms with Gasteiger partial charge in [0.1, 0.15) is 5.82 Å². The fourth-order valence-corrected chi connectivity index (χ4v) is 3.73. The van der Waals surface area contributed by atoms with Crippen molar-refractivity contribution >= 4 is 0 Å². The first-order valence-electron chi connectivity index (χ1n) is 8.21. The second kappa shape index (κ2) is 6.34. The average molecular weight is 313 g/mol. The Bertz CT molecular complexity index is 667. The number of hydrogen-bond acceptors (Lipinski definition) is 4. The van der Waals surface area contributed by atoms with Gasteiger partial charge in [0.15, 0.2) is 0 Å². The number of fused-ring (bicyclic) bond motifs is 2. The molecule has 2 fully saturated rings. The lowest BCUT2D eigenvalue weighted by Gasteiger charge is -2.29. The second-order valence-corrected chi connectivity index (χ2v) is 6.40. The molecular formula is C18H20FN3O. The molecule has 0 aliphatic carbocycles. The maximum Gasteiger partial charge on any atom is 0.129 e. The Morgan fingerprint density at radius 1 is 1.17 bits per heavy atom. The van der Waals surface area contributed by atoms with Crippen LogP contribution in [-0.2, 0) is 11.3 Å². The highest BCUT2D eigenvalue weighted by atomic mass is 19.1. The van der Waals surface area contributed by atoms with Crippen LogP contribution >= 0.6 is 0 Å². The molecule has 1 aromatic heterocycles. The van der Waals surface area contributed by atoms with Crippen LogP contribution in [-0.4, -0.2) is 28.2 Å². The van der Waals surface area contributed by atoms with Gasteiger partial charge in [-0.3, -0.25) is 9.97 Å². The monoisotopic (exact) mass is 313 g/mol. The molecule has 0 amide bonds. The lowest BCUT2D eigenvalue weighted by Crippen LogP contribution is -2.41. The van der Waals surface area contributed by atoms with Crippen LogP contribution in [0.25, 0.3) is 11.3 Å². The first-order valence-corrected chi connectivity index (χ1v) is 8.21. The van der Waals surface area contributed by atoms with Gasteiger partial charge < -0.3 is 10.1 Å². The van der Waals surface area contributed by atoms with Crippen molar-refractivity contribution in [3.8, 4) is 11.3 Å². The largest absolute Gasteiger partial charge is 0.373 e. The molecule has 1 aromatic carbocycles. The topological polar surface area (TPSA) is 47.0 Å². The minimum absolute atomic E-state index is 0.211. The molecule has 2 bridgehead atoms. The van der Waals surface area contributed by atoms with Gasteiger partial charge >= 0.3 is 0 Å². The van der Waals surface area contributed by atoms with Crippen LogP contribution < -0.4 is 5.32 Å². The molecule has 3 heterocycles. The number of hydrogen-bond donors (Lipinski definition) is 1. The number of benzene rings is 1. The molecule has 4 rings (SSSR count). The van der Waals surface area contributed by atoms with Gasteiger partial charge in [-0.25, -0.2) is 4.39 Å². The summed E-state index contributed by atoms with van der Waals surface area (Å²) >= 11 is 0. The van der Waals surface area contributed by atoms with Gasteiger partial charge in [-0.05, 0) is 31.7 Å². The molecule has 2 aliphatic heterocycles. The third-order valence-electron chi connectivity index (χ3n) is 4.85. The van der Waals surface area contributed by atoms with Gasteiger partial charge in [0.25, 0.3) is 0 Å². The van der Waals surface area contributed by atoms with E-state index in [0.717, 1.165) is 18.4 Å². The van der Waals surface area contributed by atoms with Crippen LogP contribution in [0.3, 0.4) is 0 Å². The predicted octanol–water partition coefficient (Wildman–Crippen LogP) is 3.08. The zero-order chi connectivity index (χ0) is 15.6. The average Bonchev–Trinajstić information content (AvgIpc) is 2.93. The normalized spacial score (nSPS) is 26.4. The third-order valence-corrected chi connectivity index (χ3v) is 4.85. The van der Waals surface area contributed by atoms with E-state index in [0.29, 0.717) is 23.3 Å². The zero-order valence-electron chi connectivity index (χ0n) is 12.9. The van der Waals surface area contributed by atoms with Gasteiger partial charge in [-0.2, -0.15) is 0 Å². The highest BCUT2D eigenvalue weighted by Crippen LogP contribution is 2.30. The summed E-state index contributed by atoms with van der Waals surface area (Å²) in [6.45, 7) is 0.280. The Labute approximate surface area is 135 Å². The fourth-order valence-electron chi connectivity index (χ4n) is 3.73. The van der Waals surface area contributed by atoms with Gasteiger partial charge in [-0.1, -0.05) is 12.1 Å². The summed E-state index contributed by atoms with van der Waals surface area (Å²) in [4.78, 5) is 8.36. The fraction of sp³-hybridized carbons (Fsp3) is 0.444. The first-order chi connectivity index (χ1) is 11.3. The number of rotatable bonds is 4. The van der Waals surface area contributed by atoms with E-state index in [1.54, 1.807) is 24.7 Å². The van der Waals surface area contributed by atoms with Crippen molar-refractivity contribution in [1.29, 1.82) is 0 Å². The Morgan fingerprint density at radius 2 is 2.00 bits per heavy atom. The van der Waals surface area contributed by atoms with Crippen LogP contribution in [0.4, 0.5) is 4.39 Å². The summed E-state index contributed by atoms with van der Waals surface area (Å²) in [6, 6.07) is 6.19. The smallest absolute Gasteiger partial charge is 0.129 e. The molecule has 0 saturated carbocycles. The molecule has 2 aromatic rings. The maximum atomic E-state index is 14.3. The number of aromatic nitrogens is 2. The number of nitrogens with one attached hydrogen (secondary N) is 1. The Balaban J connectivity index is 1.52. The molecular weight excluding hydrogens is 293 g/mol. The molecule has 5 heteroatoms. The second-order valence-electron chi connectivity index (χ2n) is 6.40. The standard InChI is InChI=1S/C18H20FN3O/c19-17-3-1-2-15(18-10-20-6-7-21-18)16(17)11-23-14-8-12-4-5-13(9-14)22-12/h1-3,6-7,10,12-14,22H,4-5,8-9,11H2.